The summed E-state index contributed by atoms with van der Waals surface area (Å²) in [5.74, 6) is 0.238. The zero-order valence-electron chi connectivity index (χ0n) is 25.2. The van der Waals surface area contributed by atoms with Crippen LogP contribution in [0, 0.1) is 13.8 Å². The van der Waals surface area contributed by atoms with Crippen molar-refractivity contribution in [1.82, 2.24) is 24.8 Å². The van der Waals surface area contributed by atoms with Crippen LogP contribution >= 0.6 is 0 Å². The van der Waals surface area contributed by atoms with Crippen LogP contribution in [0.5, 0.6) is 0 Å². The number of aromatic nitrogens is 4. The highest BCUT2D eigenvalue weighted by Gasteiger charge is 2.26. The van der Waals surface area contributed by atoms with E-state index in [0.717, 1.165) is 5.69 Å². The lowest BCUT2D eigenvalue weighted by Crippen LogP contribution is -2.28. The molecule has 0 saturated carbocycles. The first-order valence-corrected chi connectivity index (χ1v) is 15.1. The highest BCUT2D eigenvalue weighted by atomic mass is 32.2. The maximum atomic E-state index is 13.7. The lowest BCUT2D eigenvalue weighted by atomic mass is 9.92. The number of benzene rings is 2. The highest BCUT2D eigenvalue weighted by Crippen LogP contribution is 2.35. The molecule has 5 aromatic rings. The molecule has 1 amide bonds. The van der Waals surface area contributed by atoms with E-state index in [0.29, 0.717) is 45.1 Å². The van der Waals surface area contributed by atoms with Crippen LogP contribution in [0.1, 0.15) is 53.8 Å². The second-order valence-corrected chi connectivity index (χ2v) is 13.1. The van der Waals surface area contributed by atoms with Crippen molar-refractivity contribution >= 4 is 21.8 Å². The first-order valence-electron chi connectivity index (χ1n) is 13.6. The molecule has 5 rings (SSSR count). The quantitative estimate of drug-likeness (QED) is 0.238. The van der Waals surface area contributed by atoms with Crippen LogP contribution in [0.2, 0.25) is 0 Å². The number of hydrogen-bond donors (Lipinski definition) is 1. The van der Waals surface area contributed by atoms with Gasteiger partial charge in [0.05, 0.1) is 22.5 Å². The van der Waals surface area contributed by atoms with Crippen LogP contribution < -0.4 is 4.72 Å². The van der Waals surface area contributed by atoms with Crippen molar-refractivity contribution in [2.24, 2.45) is 7.05 Å². The summed E-state index contributed by atoms with van der Waals surface area (Å²) in [6.07, 6.45) is 3.03. The number of nitrogens with zero attached hydrogens (tertiary/aromatic N) is 5. The second kappa shape index (κ2) is 11.2. The third-order valence-corrected chi connectivity index (χ3v) is 8.65. The molecule has 12 heteroatoms. The van der Waals surface area contributed by atoms with Crippen LogP contribution in [0.4, 0.5) is 5.88 Å². The molecule has 3 heterocycles. The maximum absolute atomic E-state index is 13.7. The Morgan fingerprint density at radius 1 is 1.07 bits per heavy atom. The van der Waals surface area contributed by atoms with E-state index < -0.39 is 10.0 Å². The summed E-state index contributed by atoms with van der Waals surface area (Å²) in [5, 5.41) is 8.41. The third-order valence-electron chi connectivity index (χ3n) is 7.26. The SMILES string of the molecule is Cc1noc(NS(=O)(=O)c2ccccc2-c2ccc(-c3ncco3)cc2CN(C)C(=O)c2cc(C(C)(C)C)nn2C)c1C. The van der Waals surface area contributed by atoms with Gasteiger partial charge in [0, 0.05) is 42.7 Å². The van der Waals surface area contributed by atoms with E-state index in [1.54, 1.807) is 61.9 Å². The van der Waals surface area contributed by atoms with Gasteiger partial charge in [-0.15, -0.1) is 0 Å². The number of amides is 1. The van der Waals surface area contributed by atoms with Gasteiger partial charge in [0.2, 0.25) is 11.8 Å². The number of sulfonamides is 1. The lowest BCUT2D eigenvalue weighted by molar-refractivity contribution is 0.0774. The standard InChI is InChI=1S/C31H34N6O5S/c1-19-20(2)34-42-28(19)35-43(39,40)26-11-9-8-10-24(26)23-13-12-21(29-32-14-15-41-29)16-22(23)18-36(6)30(38)25-17-27(31(3,4)5)33-37(25)7/h8-17,35H,18H2,1-7H3. The van der Waals surface area contributed by atoms with Crippen LogP contribution in [0.3, 0.4) is 0 Å². The number of carbonyl (C=O) groups excluding carboxylic acids is 1. The molecule has 0 aliphatic heterocycles. The summed E-state index contributed by atoms with van der Waals surface area (Å²) >= 11 is 0. The van der Waals surface area contributed by atoms with Crippen molar-refractivity contribution in [2.45, 2.75) is 51.5 Å². The van der Waals surface area contributed by atoms with Crippen molar-refractivity contribution < 1.29 is 22.2 Å². The molecule has 0 unspecified atom stereocenters. The monoisotopic (exact) mass is 602 g/mol. The van der Waals surface area contributed by atoms with Crippen LogP contribution in [-0.2, 0) is 29.0 Å². The fraction of sp³-hybridized carbons (Fsp3) is 0.290. The van der Waals surface area contributed by atoms with E-state index >= 15 is 0 Å². The summed E-state index contributed by atoms with van der Waals surface area (Å²) in [5.41, 5.74) is 4.68. The van der Waals surface area contributed by atoms with Gasteiger partial charge in [-0.25, -0.2) is 18.1 Å². The zero-order valence-corrected chi connectivity index (χ0v) is 26.0. The van der Waals surface area contributed by atoms with Gasteiger partial charge in [-0.2, -0.15) is 5.10 Å². The summed E-state index contributed by atoms with van der Waals surface area (Å²) < 4.78 is 42.2. The third kappa shape index (κ3) is 5.96. The highest BCUT2D eigenvalue weighted by molar-refractivity contribution is 7.92. The molecule has 0 radical (unpaired) electrons. The Kier molecular flexibility index (Phi) is 7.74. The van der Waals surface area contributed by atoms with Crippen LogP contribution in [0.25, 0.3) is 22.6 Å². The Balaban J connectivity index is 1.57. The van der Waals surface area contributed by atoms with Gasteiger partial charge in [-0.3, -0.25) is 9.48 Å². The van der Waals surface area contributed by atoms with E-state index in [2.05, 4.69) is 20.0 Å². The van der Waals surface area contributed by atoms with Crippen molar-refractivity contribution in [3.05, 3.63) is 89.2 Å². The summed E-state index contributed by atoms with van der Waals surface area (Å²) in [6, 6.07) is 14.0. The molecule has 11 nitrogen and oxygen atoms in total. The molecule has 0 aliphatic carbocycles. The predicted molar refractivity (Wildman–Crippen MR) is 162 cm³/mol. The van der Waals surface area contributed by atoms with Crippen molar-refractivity contribution in [3.8, 4) is 22.6 Å². The van der Waals surface area contributed by atoms with Crippen molar-refractivity contribution in [3.63, 3.8) is 0 Å². The number of oxazole rings is 1. The Labute approximate surface area is 250 Å². The molecular weight excluding hydrogens is 568 g/mol. The number of rotatable bonds is 8. The zero-order chi connectivity index (χ0) is 31.1. The van der Waals surface area contributed by atoms with Gasteiger partial charge in [0.15, 0.2) is 0 Å². The number of anilines is 1. The molecular formula is C31H34N6O5S. The predicted octanol–water partition coefficient (Wildman–Crippen LogP) is 5.72. The van der Waals surface area contributed by atoms with Crippen LogP contribution in [-0.4, -0.2) is 46.2 Å². The summed E-state index contributed by atoms with van der Waals surface area (Å²) in [7, 11) is -0.635. The summed E-state index contributed by atoms with van der Waals surface area (Å²) in [4.78, 5) is 19.5. The van der Waals surface area contributed by atoms with E-state index in [4.69, 9.17) is 8.94 Å². The van der Waals surface area contributed by atoms with Gasteiger partial charge >= 0.3 is 0 Å². The molecule has 3 aromatic heterocycles. The smallest absolute Gasteiger partial charge is 0.272 e. The Morgan fingerprint density at radius 3 is 2.44 bits per heavy atom. The molecule has 43 heavy (non-hydrogen) atoms. The van der Waals surface area contributed by atoms with Gasteiger partial charge < -0.3 is 13.8 Å². The maximum Gasteiger partial charge on any atom is 0.272 e. The molecule has 224 valence electrons. The van der Waals surface area contributed by atoms with Crippen molar-refractivity contribution in [2.75, 3.05) is 11.8 Å². The van der Waals surface area contributed by atoms with E-state index in [-0.39, 0.29) is 28.6 Å². The molecule has 0 fully saturated rings. The van der Waals surface area contributed by atoms with E-state index in [1.807, 2.05) is 45.0 Å². The fourth-order valence-electron chi connectivity index (χ4n) is 4.65. The first kappa shape index (κ1) is 29.8. The number of carbonyl (C=O) groups is 1. The lowest BCUT2D eigenvalue weighted by Gasteiger charge is -2.21. The number of nitrogens with one attached hydrogen (secondary N) is 1. The van der Waals surface area contributed by atoms with Gasteiger partial charge in [0.25, 0.3) is 15.9 Å². The molecule has 0 atom stereocenters. The fourth-order valence-corrected chi connectivity index (χ4v) is 5.92. The largest absolute Gasteiger partial charge is 0.445 e. The molecule has 2 aromatic carbocycles. The topological polar surface area (TPSA) is 136 Å². The van der Waals surface area contributed by atoms with Crippen molar-refractivity contribution in [1.29, 1.82) is 0 Å². The van der Waals surface area contributed by atoms with Gasteiger partial charge in [0.1, 0.15) is 12.0 Å². The molecule has 1 N–H and O–H groups in total. The molecule has 0 aliphatic rings. The normalized spacial score (nSPS) is 12.0. The molecule has 0 saturated heterocycles. The summed E-state index contributed by atoms with van der Waals surface area (Å²) in [6.45, 7) is 9.76. The minimum absolute atomic E-state index is 0.0454. The molecule has 0 spiro atoms. The van der Waals surface area contributed by atoms with Crippen LogP contribution in [0.15, 0.2) is 74.8 Å². The minimum atomic E-state index is -4.08. The Morgan fingerprint density at radius 2 is 1.81 bits per heavy atom. The second-order valence-electron chi connectivity index (χ2n) is 11.5. The number of hydrogen-bond acceptors (Lipinski definition) is 8. The minimum Gasteiger partial charge on any atom is -0.445 e. The average molecular weight is 603 g/mol. The van der Waals surface area contributed by atoms with Gasteiger partial charge in [-0.1, -0.05) is 50.2 Å². The van der Waals surface area contributed by atoms with Gasteiger partial charge in [-0.05, 0) is 49.2 Å². The Bertz CT molecular complexity index is 1900. The number of aryl methyl sites for hydroxylation is 2. The molecule has 0 bridgehead atoms. The first-order chi connectivity index (χ1) is 20.3. The van der Waals surface area contributed by atoms with E-state index in [1.165, 1.54) is 12.3 Å². The average Bonchev–Trinajstić information content (AvgIpc) is 3.70. The Hall–Kier alpha value is -4.71. The van der Waals surface area contributed by atoms with E-state index in [9.17, 15) is 13.2 Å².